The van der Waals surface area contributed by atoms with Crippen LogP contribution in [0.15, 0.2) is 89.3 Å². The Kier molecular flexibility index (Phi) is 8.93. The van der Waals surface area contributed by atoms with Crippen LogP contribution in [0.3, 0.4) is 0 Å². The predicted octanol–water partition coefficient (Wildman–Crippen LogP) is 8.36. The predicted molar refractivity (Wildman–Crippen MR) is 138 cm³/mol. The number of furan rings is 1. The minimum Gasteiger partial charge on any atom is -0.456 e. The Morgan fingerprint density at radius 1 is 0.727 bits per heavy atom. The fraction of sp³-hybridized carbons (Fsp3) is 0.233. The number of amides is 1. The van der Waals surface area contributed by atoms with Crippen molar-refractivity contribution in [1.82, 2.24) is 5.32 Å². The fourth-order valence-electron chi connectivity index (χ4n) is 4.78. The normalized spacial score (nSPS) is 12.6. The summed E-state index contributed by atoms with van der Waals surface area (Å²) in [7, 11) is 0. The summed E-state index contributed by atoms with van der Waals surface area (Å²) in [6.45, 7) is 0.608. The van der Waals surface area contributed by atoms with E-state index in [1.807, 2.05) is 0 Å². The number of aryl methyl sites for hydroxylation is 1. The van der Waals surface area contributed by atoms with Crippen LogP contribution in [0.2, 0.25) is 0 Å². The van der Waals surface area contributed by atoms with Gasteiger partial charge < -0.3 is 19.2 Å². The van der Waals surface area contributed by atoms with Crippen molar-refractivity contribution < 1.29 is 58.2 Å². The molecule has 0 aliphatic heterocycles. The van der Waals surface area contributed by atoms with Gasteiger partial charge in [-0.1, -0.05) is 54.6 Å². The van der Waals surface area contributed by atoms with Crippen molar-refractivity contribution in [1.29, 1.82) is 0 Å². The van der Waals surface area contributed by atoms with Gasteiger partial charge in [-0.15, -0.1) is 26.3 Å². The van der Waals surface area contributed by atoms with Gasteiger partial charge >= 0.3 is 18.9 Å². The highest BCUT2D eigenvalue weighted by molar-refractivity contribution is 5.95. The highest BCUT2D eigenvalue weighted by Gasteiger charge is 2.42. The second kappa shape index (κ2) is 12.2. The van der Waals surface area contributed by atoms with Crippen molar-refractivity contribution in [3.63, 3.8) is 0 Å². The van der Waals surface area contributed by atoms with Gasteiger partial charge in [0.15, 0.2) is 0 Å². The molecule has 1 aromatic heterocycles. The lowest BCUT2D eigenvalue weighted by molar-refractivity contribution is -0.275. The monoisotopic (exact) mass is 631 g/mol. The molecule has 14 heteroatoms. The Labute approximate surface area is 244 Å². The molecule has 1 heterocycles. The van der Waals surface area contributed by atoms with Crippen LogP contribution in [0, 0.1) is 6.92 Å². The van der Waals surface area contributed by atoms with Crippen molar-refractivity contribution in [3.05, 3.63) is 119 Å². The largest absolute Gasteiger partial charge is 0.573 e. The fourth-order valence-corrected chi connectivity index (χ4v) is 4.78. The summed E-state index contributed by atoms with van der Waals surface area (Å²) < 4.78 is 132. The van der Waals surface area contributed by atoms with Gasteiger partial charge in [-0.2, -0.15) is 13.2 Å². The molecule has 5 nitrogen and oxygen atoms in total. The third kappa shape index (κ3) is 8.05. The molecule has 0 saturated heterocycles. The molecule has 44 heavy (non-hydrogen) atoms. The summed E-state index contributed by atoms with van der Waals surface area (Å²) in [6.07, 6.45) is -15.4. The van der Waals surface area contributed by atoms with Crippen LogP contribution in [-0.2, 0) is 18.0 Å². The lowest BCUT2D eigenvalue weighted by Gasteiger charge is -2.36. The number of benzene rings is 3. The first kappa shape index (κ1) is 32.3. The van der Waals surface area contributed by atoms with E-state index in [1.54, 1.807) is 30.3 Å². The maximum absolute atomic E-state index is 13.6. The molecule has 0 unspecified atom stereocenters. The number of alkyl halides is 9. The average Bonchev–Trinajstić information content (AvgIpc) is 3.32. The second-order valence-corrected chi connectivity index (χ2v) is 9.68. The molecule has 1 N–H and O–H groups in total. The van der Waals surface area contributed by atoms with Crippen molar-refractivity contribution in [2.24, 2.45) is 0 Å². The van der Waals surface area contributed by atoms with E-state index in [9.17, 15) is 44.3 Å². The van der Waals surface area contributed by atoms with Gasteiger partial charge in [0.05, 0.1) is 5.56 Å². The maximum Gasteiger partial charge on any atom is 0.573 e. The van der Waals surface area contributed by atoms with Crippen LogP contribution in [0.5, 0.6) is 11.5 Å². The molecule has 0 spiro atoms. The van der Waals surface area contributed by atoms with Gasteiger partial charge in [0.2, 0.25) is 5.76 Å². The van der Waals surface area contributed by atoms with Crippen molar-refractivity contribution >= 4 is 5.91 Å². The van der Waals surface area contributed by atoms with Crippen LogP contribution in [-0.4, -0.2) is 25.2 Å². The van der Waals surface area contributed by atoms with Gasteiger partial charge in [0, 0.05) is 12.0 Å². The van der Waals surface area contributed by atoms with E-state index >= 15 is 0 Å². The Morgan fingerprint density at radius 3 is 1.73 bits per heavy atom. The van der Waals surface area contributed by atoms with Crippen LogP contribution < -0.4 is 14.8 Å². The third-order valence-corrected chi connectivity index (χ3v) is 6.50. The lowest BCUT2D eigenvalue weighted by Crippen LogP contribution is -2.43. The van der Waals surface area contributed by atoms with Crippen molar-refractivity contribution in [3.8, 4) is 11.5 Å². The number of hydrogen-bond donors (Lipinski definition) is 1. The van der Waals surface area contributed by atoms with E-state index in [1.165, 1.54) is 31.2 Å². The summed E-state index contributed by atoms with van der Waals surface area (Å²) in [6, 6.07) is 18.2. The molecule has 0 atom stereocenters. The number of nitrogens with one attached hydrogen (secondary N) is 1. The molecule has 0 aliphatic rings. The van der Waals surface area contributed by atoms with Crippen LogP contribution in [0.4, 0.5) is 39.5 Å². The minimum absolute atomic E-state index is 0.0342. The summed E-state index contributed by atoms with van der Waals surface area (Å²) in [5.74, 6) is -4.37. The summed E-state index contributed by atoms with van der Waals surface area (Å²) in [5.41, 5.74) is -1.93. The zero-order valence-corrected chi connectivity index (χ0v) is 22.5. The minimum atomic E-state index is -5.09. The smallest absolute Gasteiger partial charge is 0.456 e. The molecule has 4 aromatic rings. The van der Waals surface area contributed by atoms with Crippen LogP contribution in [0.25, 0.3) is 0 Å². The first-order valence-electron chi connectivity index (χ1n) is 12.7. The van der Waals surface area contributed by atoms with Gasteiger partial charge in [-0.05, 0) is 60.4 Å². The molecule has 4 rings (SSSR count). The zero-order chi connectivity index (χ0) is 32.3. The van der Waals surface area contributed by atoms with E-state index in [4.69, 9.17) is 0 Å². The molecule has 0 saturated carbocycles. The number of carbonyl (C=O) groups is 1. The topological polar surface area (TPSA) is 60.7 Å². The van der Waals surface area contributed by atoms with Gasteiger partial charge in [-0.3, -0.25) is 4.79 Å². The Morgan fingerprint density at radius 2 is 1.25 bits per heavy atom. The first-order valence-corrected chi connectivity index (χ1v) is 12.7. The zero-order valence-electron chi connectivity index (χ0n) is 22.5. The first-order chi connectivity index (χ1) is 20.5. The highest BCUT2D eigenvalue weighted by atomic mass is 19.4. The molecule has 234 valence electrons. The van der Waals surface area contributed by atoms with E-state index in [0.29, 0.717) is 5.56 Å². The Balaban J connectivity index is 1.90. The highest BCUT2D eigenvalue weighted by Crippen LogP contribution is 2.40. The van der Waals surface area contributed by atoms with E-state index in [-0.39, 0.29) is 23.3 Å². The number of carbonyl (C=O) groups excluding carboxylic acids is 1. The van der Waals surface area contributed by atoms with E-state index in [0.717, 1.165) is 30.3 Å². The van der Waals surface area contributed by atoms with Gasteiger partial charge in [-0.25, -0.2) is 0 Å². The standard InChI is InChI=1S/C30H22F9NO4/c1-18-13-24(25(42-18)28(31,32)33)26(41)40-17-27(16-19-7-3-2-4-8-19,20-9-5-11-22(14-20)43-29(34,35)36)21-10-6-12-23(15-21)44-30(37,38)39/h2-15H,16-17H2,1H3,(H,40,41). The van der Waals surface area contributed by atoms with Crippen molar-refractivity contribution in [2.75, 3.05) is 6.54 Å². The number of ether oxygens (including phenoxy) is 2. The molecule has 0 fully saturated rings. The second-order valence-electron chi connectivity index (χ2n) is 9.68. The molecular formula is C30H22F9NO4. The van der Waals surface area contributed by atoms with Crippen molar-refractivity contribution in [2.45, 2.75) is 37.7 Å². The number of hydrogen-bond acceptors (Lipinski definition) is 4. The molecule has 0 radical (unpaired) electrons. The quantitative estimate of drug-likeness (QED) is 0.189. The van der Waals surface area contributed by atoms with E-state index < -0.39 is 59.6 Å². The van der Waals surface area contributed by atoms with Gasteiger partial charge in [0.25, 0.3) is 5.91 Å². The SMILES string of the molecule is Cc1cc(C(=O)NCC(Cc2ccccc2)(c2cccc(OC(F)(F)F)c2)c2cccc(OC(F)(F)F)c2)c(C(F)(F)F)o1. The number of rotatable bonds is 9. The summed E-state index contributed by atoms with van der Waals surface area (Å²) >= 11 is 0. The molecule has 0 aliphatic carbocycles. The summed E-state index contributed by atoms with van der Waals surface area (Å²) in [4.78, 5) is 13.2. The van der Waals surface area contributed by atoms with Gasteiger partial charge in [0.1, 0.15) is 17.3 Å². The molecular weight excluding hydrogens is 609 g/mol. The maximum atomic E-state index is 13.6. The number of halogens is 9. The van der Waals surface area contributed by atoms with Crippen LogP contribution >= 0.6 is 0 Å². The lowest BCUT2D eigenvalue weighted by atomic mass is 9.70. The molecule has 3 aromatic carbocycles. The molecule has 0 bridgehead atoms. The average molecular weight is 631 g/mol. The third-order valence-electron chi connectivity index (χ3n) is 6.50. The van der Waals surface area contributed by atoms with E-state index in [2.05, 4.69) is 19.2 Å². The Hall–Kier alpha value is -4.62. The van der Waals surface area contributed by atoms with Crippen LogP contribution in [0.1, 0.15) is 38.6 Å². The summed E-state index contributed by atoms with van der Waals surface area (Å²) in [5, 5.41) is 2.39. The Bertz CT molecular complexity index is 1530. The molecule has 1 amide bonds.